The van der Waals surface area contributed by atoms with Crippen molar-refractivity contribution in [1.29, 1.82) is 0 Å². The summed E-state index contributed by atoms with van der Waals surface area (Å²) in [5, 5.41) is 0. The Balaban J connectivity index is 1.36. The van der Waals surface area contributed by atoms with Crippen LogP contribution < -0.4 is 0 Å². The highest BCUT2D eigenvalue weighted by molar-refractivity contribution is 6.03. The van der Waals surface area contributed by atoms with Crippen molar-refractivity contribution in [2.45, 2.75) is 38.0 Å². The van der Waals surface area contributed by atoms with Gasteiger partial charge in [0.2, 0.25) is 0 Å². The molecule has 0 spiro atoms. The van der Waals surface area contributed by atoms with Gasteiger partial charge >= 0.3 is 6.03 Å². The summed E-state index contributed by atoms with van der Waals surface area (Å²) < 4.78 is 0. The number of benzene rings is 2. The number of likely N-dealkylation sites (N-methyl/N-ethyl adjacent to an activating group) is 2. The summed E-state index contributed by atoms with van der Waals surface area (Å²) in [7, 11) is 3.30. The maximum Gasteiger partial charge on any atom is 0.328 e. The summed E-state index contributed by atoms with van der Waals surface area (Å²) in [6.45, 7) is 2.40. The van der Waals surface area contributed by atoms with E-state index in [4.69, 9.17) is 4.99 Å². The number of aliphatic imine (C=N–C) groups is 1. The first kappa shape index (κ1) is 21.5. The normalized spacial score (nSPS) is 23.8. The van der Waals surface area contributed by atoms with E-state index >= 15 is 0 Å². The van der Waals surface area contributed by atoms with E-state index in [0.29, 0.717) is 12.5 Å². The van der Waals surface area contributed by atoms with E-state index in [0.717, 1.165) is 43.9 Å². The minimum absolute atomic E-state index is 0.184. The molecule has 0 N–H and O–H groups in total. The summed E-state index contributed by atoms with van der Waals surface area (Å²) in [4.78, 5) is 38.0. The Morgan fingerprint density at radius 1 is 0.879 bits per heavy atom. The van der Waals surface area contributed by atoms with E-state index in [9.17, 15) is 9.59 Å². The van der Waals surface area contributed by atoms with Crippen LogP contribution in [0.25, 0.3) is 0 Å². The number of hydrogen-bond donors (Lipinski definition) is 0. The predicted octanol–water partition coefficient (Wildman–Crippen LogP) is 3.03. The Morgan fingerprint density at radius 2 is 1.48 bits per heavy atom. The van der Waals surface area contributed by atoms with Crippen LogP contribution in [0, 0.1) is 5.92 Å². The van der Waals surface area contributed by atoms with Gasteiger partial charge in [-0.15, -0.1) is 0 Å². The molecule has 0 aromatic heterocycles. The van der Waals surface area contributed by atoms with Gasteiger partial charge in [0, 0.05) is 33.7 Å². The van der Waals surface area contributed by atoms with Gasteiger partial charge < -0.3 is 14.7 Å². The molecule has 2 fully saturated rings. The number of carbonyl (C=O) groups is 2. The molecule has 0 aliphatic carbocycles. The van der Waals surface area contributed by atoms with E-state index in [-0.39, 0.29) is 11.9 Å². The number of nitrogens with zero attached hydrogens (tertiary/aromatic N) is 5. The second kappa shape index (κ2) is 8.89. The van der Waals surface area contributed by atoms with Crippen molar-refractivity contribution in [3.05, 3.63) is 71.8 Å². The molecule has 2 atom stereocenters. The van der Waals surface area contributed by atoms with Gasteiger partial charge in [0.1, 0.15) is 0 Å². The van der Waals surface area contributed by atoms with Crippen LogP contribution in [0.3, 0.4) is 0 Å². The first-order valence-corrected chi connectivity index (χ1v) is 11.7. The van der Waals surface area contributed by atoms with Crippen molar-refractivity contribution in [2.75, 3.05) is 27.2 Å². The van der Waals surface area contributed by atoms with Crippen LogP contribution in [0.4, 0.5) is 4.79 Å². The van der Waals surface area contributed by atoms with Crippen LogP contribution in [0.1, 0.15) is 24.0 Å². The minimum Gasteiger partial charge on any atom is -0.343 e. The molecule has 2 aromatic carbocycles. The summed E-state index contributed by atoms with van der Waals surface area (Å²) in [5.41, 5.74) is 2.51. The zero-order valence-electron chi connectivity index (χ0n) is 19.3. The van der Waals surface area contributed by atoms with Crippen molar-refractivity contribution in [3.63, 3.8) is 0 Å². The van der Waals surface area contributed by atoms with Crippen LogP contribution in [-0.2, 0) is 17.8 Å². The van der Waals surface area contributed by atoms with Crippen molar-refractivity contribution in [3.8, 4) is 0 Å². The van der Waals surface area contributed by atoms with E-state index in [2.05, 4.69) is 52.3 Å². The van der Waals surface area contributed by atoms with Crippen molar-refractivity contribution in [1.82, 2.24) is 19.6 Å². The van der Waals surface area contributed by atoms with E-state index in [1.807, 2.05) is 18.2 Å². The molecule has 5 rings (SSSR count). The molecule has 0 saturated carbocycles. The van der Waals surface area contributed by atoms with Gasteiger partial charge in [0.15, 0.2) is 18.2 Å². The monoisotopic (exact) mass is 445 g/mol. The van der Waals surface area contributed by atoms with Crippen molar-refractivity contribution < 1.29 is 9.59 Å². The Hall–Kier alpha value is -3.35. The molecule has 2 unspecified atom stereocenters. The predicted molar refractivity (Wildman–Crippen MR) is 127 cm³/mol. The van der Waals surface area contributed by atoms with Gasteiger partial charge in [-0.25, -0.2) is 9.79 Å². The Morgan fingerprint density at radius 3 is 2.12 bits per heavy atom. The molecule has 3 aliphatic heterocycles. The highest BCUT2D eigenvalue weighted by Crippen LogP contribution is 2.31. The molecular weight excluding hydrogens is 414 g/mol. The first-order valence-electron chi connectivity index (χ1n) is 11.7. The number of imide groups is 1. The number of amides is 3. The first-order chi connectivity index (χ1) is 16.0. The number of piperidine rings is 1. The number of hydrogen-bond acceptors (Lipinski definition) is 5. The van der Waals surface area contributed by atoms with Gasteiger partial charge in [-0.2, -0.15) is 0 Å². The molecule has 3 aliphatic rings. The summed E-state index contributed by atoms with van der Waals surface area (Å²) in [6, 6.07) is 20.1. The highest BCUT2D eigenvalue weighted by Gasteiger charge is 2.52. The average Bonchev–Trinajstić information content (AvgIpc) is 3.22. The maximum atomic E-state index is 13.2. The van der Waals surface area contributed by atoms with Crippen LogP contribution in [0.15, 0.2) is 65.7 Å². The maximum absolute atomic E-state index is 13.2. The lowest BCUT2D eigenvalue weighted by molar-refractivity contribution is -0.136. The fraction of sp³-hybridized carbons (Fsp3) is 0.423. The molecule has 7 heteroatoms. The summed E-state index contributed by atoms with van der Waals surface area (Å²) in [5.74, 6) is 1.31. The Kier molecular flexibility index (Phi) is 5.79. The zero-order chi connectivity index (χ0) is 22.9. The molecule has 2 aromatic rings. The fourth-order valence-corrected chi connectivity index (χ4v) is 5.25. The van der Waals surface area contributed by atoms with Gasteiger partial charge in [-0.1, -0.05) is 60.7 Å². The van der Waals surface area contributed by atoms with E-state index < -0.39 is 12.2 Å². The van der Waals surface area contributed by atoms with Gasteiger partial charge in [-0.3, -0.25) is 9.69 Å². The van der Waals surface area contributed by atoms with E-state index in [1.165, 1.54) is 10.5 Å². The quantitative estimate of drug-likeness (QED) is 0.726. The SMILES string of the molecule is CN1C(=O)C2C(N=C(N3CCC(Cc4ccccc4)CC3)N2Cc2ccccc2)N(C)C1=O. The number of urea groups is 1. The molecular formula is C26H31N5O2. The summed E-state index contributed by atoms with van der Waals surface area (Å²) >= 11 is 0. The number of fused-ring (bicyclic) bond motifs is 1. The number of carbonyl (C=O) groups excluding carboxylic acids is 2. The van der Waals surface area contributed by atoms with Crippen LogP contribution in [-0.4, -0.2) is 76.9 Å². The van der Waals surface area contributed by atoms with Crippen molar-refractivity contribution in [2.24, 2.45) is 10.9 Å². The molecule has 33 heavy (non-hydrogen) atoms. The zero-order valence-corrected chi connectivity index (χ0v) is 19.3. The third-order valence-corrected chi connectivity index (χ3v) is 7.15. The van der Waals surface area contributed by atoms with Crippen LogP contribution in [0.5, 0.6) is 0 Å². The third-order valence-electron chi connectivity index (χ3n) is 7.15. The van der Waals surface area contributed by atoms with Gasteiger partial charge in [0.05, 0.1) is 0 Å². The van der Waals surface area contributed by atoms with Crippen molar-refractivity contribution >= 4 is 17.9 Å². The van der Waals surface area contributed by atoms with Crippen LogP contribution >= 0.6 is 0 Å². The van der Waals surface area contributed by atoms with Gasteiger partial charge in [-0.05, 0) is 36.3 Å². The summed E-state index contributed by atoms with van der Waals surface area (Å²) in [6.07, 6.45) is 2.79. The van der Waals surface area contributed by atoms with E-state index in [1.54, 1.807) is 19.0 Å². The largest absolute Gasteiger partial charge is 0.343 e. The lowest BCUT2D eigenvalue weighted by Gasteiger charge is -2.41. The molecule has 3 amide bonds. The molecule has 0 radical (unpaired) electrons. The molecule has 3 heterocycles. The highest BCUT2D eigenvalue weighted by atomic mass is 16.2. The Bertz CT molecular complexity index is 1030. The minimum atomic E-state index is -0.491. The fourth-order valence-electron chi connectivity index (χ4n) is 5.25. The average molecular weight is 446 g/mol. The Labute approximate surface area is 195 Å². The molecule has 7 nitrogen and oxygen atoms in total. The van der Waals surface area contributed by atoms with Crippen LogP contribution in [0.2, 0.25) is 0 Å². The molecule has 0 bridgehead atoms. The molecule has 2 saturated heterocycles. The number of rotatable bonds is 4. The standard InChI is InChI=1S/C26H31N5O2/c1-28-23-22(24(32)29(2)26(28)33)31(18-21-11-7-4-8-12-21)25(27-23)30-15-13-20(14-16-30)17-19-9-5-3-6-10-19/h3-12,20,22-23H,13-18H2,1-2H3. The molecule has 172 valence electrons. The lowest BCUT2D eigenvalue weighted by atomic mass is 9.90. The van der Waals surface area contributed by atoms with Gasteiger partial charge in [0.25, 0.3) is 5.91 Å². The second-order valence-corrected chi connectivity index (χ2v) is 9.31. The lowest BCUT2D eigenvalue weighted by Crippen LogP contribution is -2.64. The topological polar surface area (TPSA) is 59.5 Å². The third kappa shape index (κ3) is 4.08. The number of likely N-dealkylation sites (tertiary alicyclic amines) is 1. The second-order valence-electron chi connectivity index (χ2n) is 9.31. The smallest absolute Gasteiger partial charge is 0.328 e. The number of guanidine groups is 1.